The van der Waals surface area contributed by atoms with E-state index in [1.807, 2.05) is 91.0 Å². The molecule has 0 saturated heterocycles. The standard InChI is InChI=1S/C45H27N3O2/c1-4-12-28(13-5-1)32-22-33(24-34(23-32)45-47-43(29-14-6-2-7-15-29)46-44(48-45)30-16-8-3-9-17-30)31-20-21-40-36(25-31)38-26-37-35-18-10-11-19-39(35)49-41(37)27-42(38)50-40/h1-27H. The molecule has 0 aliphatic rings. The van der Waals surface area contributed by atoms with Crippen LogP contribution in [0.1, 0.15) is 0 Å². The van der Waals surface area contributed by atoms with Gasteiger partial charge in [0.15, 0.2) is 17.5 Å². The summed E-state index contributed by atoms with van der Waals surface area (Å²) in [5.41, 5.74) is 10.4. The van der Waals surface area contributed by atoms with Crippen LogP contribution in [0.3, 0.4) is 0 Å². The van der Waals surface area contributed by atoms with E-state index in [0.717, 1.165) is 82.8 Å². The molecule has 0 atom stereocenters. The van der Waals surface area contributed by atoms with Gasteiger partial charge in [-0.3, -0.25) is 0 Å². The van der Waals surface area contributed by atoms with Gasteiger partial charge in [0, 0.05) is 44.3 Å². The first-order chi connectivity index (χ1) is 24.7. The molecule has 50 heavy (non-hydrogen) atoms. The van der Waals surface area contributed by atoms with Gasteiger partial charge in [-0.05, 0) is 64.7 Å². The van der Waals surface area contributed by atoms with Crippen molar-refractivity contribution >= 4 is 43.9 Å². The van der Waals surface area contributed by atoms with E-state index in [4.69, 9.17) is 23.8 Å². The largest absolute Gasteiger partial charge is 0.456 e. The molecule has 10 aromatic rings. The summed E-state index contributed by atoms with van der Waals surface area (Å²) in [4.78, 5) is 15.0. The van der Waals surface area contributed by atoms with E-state index in [0.29, 0.717) is 17.5 Å². The third-order valence-electron chi connectivity index (χ3n) is 9.30. The second kappa shape index (κ2) is 11.4. The van der Waals surface area contributed by atoms with Crippen molar-refractivity contribution in [2.75, 3.05) is 0 Å². The fourth-order valence-corrected chi connectivity index (χ4v) is 6.83. The summed E-state index contributed by atoms with van der Waals surface area (Å²) in [5.74, 6) is 1.87. The summed E-state index contributed by atoms with van der Waals surface area (Å²) in [5, 5.41) is 4.28. The first kappa shape index (κ1) is 28.2. The summed E-state index contributed by atoms with van der Waals surface area (Å²) < 4.78 is 12.5. The van der Waals surface area contributed by atoms with Gasteiger partial charge in [-0.1, -0.05) is 115 Å². The van der Waals surface area contributed by atoms with Crippen LogP contribution in [-0.4, -0.2) is 15.0 Å². The zero-order valence-electron chi connectivity index (χ0n) is 26.7. The lowest BCUT2D eigenvalue weighted by Gasteiger charge is -2.12. The highest BCUT2D eigenvalue weighted by molar-refractivity contribution is 6.15. The molecule has 0 aliphatic carbocycles. The van der Waals surface area contributed by atoms with Crippen LogP contribution in [-0.2, 0) is 0 Å². The number of hydrogen-bond donors (Lipinski definition) is 0. The van der Waals surface area contributed by atoms with Gasteiger partial charge in [0.2, 0.25) is 0 Å². The maximum Gasteiger partial charge on any atom is 0.164 e. The van der Waals surface area contributed by atoms with E-state index in [2.05, 4.69) is 72.8 Å². The van der Waals surface area contributed by atoms with Crippen molar-refractivity contribution in [2.24, 2.45) is 0 Å². The minimum absolute atomic E-state index is 0.612. The number of furan rings is 2. The summed E-state index contributed by atoms with van der Waals surface area (Å²) in [7, 11) is 0. The molecule has 3 heterocycles. The molecule has 0 radical (unpaired) electrons. The Morgan fingerprint density at radius 3 is 1.36 bits per heavy atom. The molecule has 3 aromatic heterocycles. The van der Waals surface area contributed by atoms with Crippen molar-refractivity contribution in [3.05, 3.63) is 164 Å². The van der Waals surface area contributed by atoms with Crippen LogP contribution in [0, 0.1) is 0 Å². The predicted molar refractivity (Wildman–Crippen MR) is 202 cm³/mol. The minimum atomic E-state index is 0.612. The molecule has 0 spiro atoms. The van der Waals surface area contributed by atoms with Crippen molar-refractivity contribution < 1.29 is 8.83 Å². The fraction of sp³-hybridized carbons (Fsp3) is 0. The van der Waals surface area contributed by atoms with Crippen LogP contribution in [0.5, 0.6) is 0 Å². The maximum absolute atomic E-state index is 6.36. The molecule has 0 aliphatic heterocycles. The summed E-state index contributed by atoms with van der Waals surface area (Å²) in [6.07, 6.45) is 0. The lowest BCUT2D eigenvalue weighted by atomic mass is 9.95. The quantitative estimate of drug-likeness (QED) is 0.187. The number of aromatic nitrogens is 3. The molecule has 234 valence electrons. The predicted octanol–water partition coefficient (Wildman–Crippen LogP) is 12.0. The Morgan fingerprint density at radius 1 is 0.260 bits per heavy atom. The SMILES string of the molecule is c1ccc(-c2cc(-c3ccc4oc5cc6oc7ccccc7c6cc5c4c3)cc(-c3nc(-c4ccccc4)nc(-c4ccccc4)n3)c2)cc1. The molecular formula is C45H27N3O2. The number of benzene rings is 7. The Morgan fingerprint density at radius 2 is 0.720 bits per heavy atom. The van der Waals surface area contributed by atoms with Crippen LogP contribution in [0.25, 0.3) is 100 Å². The van der Waals surface area contributed by atoms with E-state index in [1.165, 1.54) is 0 Å². The Kier molecular flexibility index (Phi) is 6.42. The van der Waals surface area contributed by atoms with Gasteiger partial charge in [-0.2, -0.15) is 0 Å². The fourth-order valence-electron chi connectivity index (χ4n) is 6.83. The Hall–Kier alpha value is -6.85. The lowest BCUT2D eigenvalue weighted by Crippen LogP contribution is -2.00. The van der Waals surface area contributed by atoms with Crippen molar-refractivity contribution in [3.63, 3.8) is 0 Å². The van der Waals surface area contributed by atoms with E-state index < -0.39 is 0 Å². The van der Waals surface area contributed by atoms with Gasteiger partial charge in [-0.25, -0.2) is 15.0 Å². The molecule has 0 bridgehead atoms. The number of fused-ring (bicyclic) bond motifs is 6. The van der Waals surface area contributed by atoms with Crippen LogP contribution < -0.4 is 0 Å². The van der Waals surface area contributed by atoms with Gasteiger partial charge < -0.3 is 8.83 Å². The van der Waals surface area contributed by atoms with Crippen molar-refractivity contribution in [1.82, 2.24) is 15.0 Å². The third-order valence-corrected chi connectivity index (χ3v) is 9.30. The summed E-state index contributed by atoms with van der Waals surface area (Å²) in [6, 6.07) is 55.9. The molecule has 0 N–H and O–H groups in total. The zero-order valence-corrected chi connectivity index (χ0v) is 26.7. The molecule has 5 heteroatoms. The second-order valence-corrected chi connectivity index (χ2v) is 12.5. The smallest absolute Gasteiger partial charge is 0.164 e. The van der Waals surface area contributed by atoms with E-state index in [-0.39, 0.29) is 0 Å². The van der Waals surface area contributed by atoms with E-state index >= 15 is 0 Å². The van der Waals surface area contributed by atoms with E-state index in [1.54, 1.807) is 0 Å². The third kappa shape index (κ3) is 4.83. The minimum Gasteiger partial charge on any atom is -0.456 e. The van der Waals surface area contributed by atoms with Gasteiger partial charge in [0.25, 0.3) is 0 Å². The molecule has 0 unspecified atom stereocenters. The molecule has 0 fully saturated rings. The monoisotopic (exact) mass is 641 g/mol. The van der Waals surface area contributed by atoms with Crippen LogP contribution >= 0.6 is 0 Å². The number of nitrogens with zero attached hydrogens (tertiary/aromatic N) is 3. The number of para-hydroxylation sites is 1. The van der Waals surface area contributed by atoms with Gasteiger partial charge >= 0.3 is 0 Å². The number of hydrogen-bond acceptors (Lipinski definition) is 5. The molecular weight excluding hydrogens is 615 g/mol. The first-order valence-electron chi connectivity index (χ1n) is 16.6. The topological polar surface area (TPSA) is 65.0 Å². The van der Waals surface area contributed by atoms with Gasteiger partial charge in [-0.15, -0.1) is 0 Å². The van der Waals surface area contributed by atoms with Crippen molar-refractivity contribution in [2.45, 2.75) is 0 Å². The second-order valence-electron chi connectivity index (χ2n) is 12.5. The van der Waals surface area contributed by atoms with E-state index in [9.17, 15) is 0 Å². The average molecular weight is 642 g/mol. The summed E-state index contributed by atoms with van der Waals surface area (Å²) >= 11 is 0. The molecule has 10 rings (SSSR count). The van der Waals surface area contributed by atoms with Crippen molar-refractivity contribution in [1.29, 1.82) is 0 Å². The summed E-state index contributed by atoms with van der Waals surface area (Å²) in [6.45, 7) is 0. The first-order valence-corrected chi connectivity index (χ1v) is 16.6. The normalized spacial score (nSPS) is 11.6. The average Bonchev–Trinajstić information content (AvgIpc) is 3.74. The maximum atomic E-state index is 6.36. The highest BCUT2D eigenvalue weighted by Crippen LogP contribution is 2.39. The molecule has 0 saturated carbocycles. The molecule has 5 nitrogen and oxygen atoms in total. The van der Waals surface area contributed by atoms with Crippen LogP contribution in [0.4, 0.5) is 0 Å². The lowest BCUT2D eigenvalue weighted by molar-refractivity contribution is 0.656. The number of rotatable bonds is 5. The Labute approximate surface area is 287 Å². The Bertz CT molecular complexity index is 2800. The molecule has 0 amide bonds. The highest BCUT2D eigenvalue weighted by Gasteiger charge is 2.17. The van der Waals surface area contributed by atoms with Crippen molar-refractivity contribution in [3.8, 4) is 56.4 Å². The highest BCUT2D eigenvalue weighted by atomic mass is 16.3. The Balaban J connectivity index is 1.18. The zero-order chi connectivity index (χ0) is 33.0. The van der Waals surface area contributed by atoms with Crippen LogP contribution in [0.15, 0.2) is 173 Å². The van der Waals surface area contributed by atoms with Gasteiger partial charge in [0.1, 0.15) is 22.3 Å². The van der Waals surface area contributed by atoms with Gasteiger partial charge in [0.05, 0.1) is 0 Å². The molecule has 7 aromatic carbocycles. The van der Waals surface area contributed by atoms with Crippen LogP contribution in [0.2, 0.25) is 0 Å².